The van der Waals surface area contributed by atoms with Gasteiger partial charge in [0, 0.05) is 25.1 Å². The second-order valence-corrected chi connectivity index (χ2v) is 5.81. The van der Waals surface area contributed by atoms with E-state index in [1.807, 2.05) is 24.8 Å². The highest BCUT2D eigenvalue weighted by Gasteiger charge is 2.21. The molecule has 1 aliphatic heterocycles. The number of halogens is 1. The molecule has 1 aromatic heterocycles. The van der Waals surface area contributed by atoms with Gasteiger partial charge in [0.15, 0.2) is 0 Å². The van der Waals surface area contributed by atoms with E-state index in [9.17, 15) is 9.18 Å². The number of benzene rings is 1. The highest BCUT2D eigenvalue weighted by molar-refractivity contribution is 5.82. The molecule has 1 amide bonds. The van der Waals surface area contributed by atoms with Crippen LogP contribution >= 0.6 is 0 Å². The second-order valence-electron chi connectivity index (χ2n) is 5.81. The van der Waals surface area contributed by atoms with Crippen LogP contribution in [0.5, 0.6) is 0 Å². The van der Waals surface area contributed by atoms with Crippen LogP contribution in [0.3, 0.4) is 0 Å². The van der Waals surface area contributed by atoms with Gasteiger partial charge in [-0.1, -0.05) is 23.4 Å². The molecule has 0 radical (unpaired) electrons. The van der Waals surface area contributed by atoms with E-state index in [1.54, 1.807) is 12.1 Å². The van der Waals surface area contributed by atoms with Crippen molar-refractivity contribution in [1.82, 2.24) is 10.1 Å². The minimum atomic E-state index is -0.250. The van der Waals surface area contributed by atoms with Crippen LogP contribution in [0.15, 0.2) is 34.9 Å². The quantitative estimate of drug-likeness (QED) is 0.870. The molecule has 0 atom stereocenters. The lowest BCUT2D eigenvalue weighted by Crippen LogP contribution is -2.29. The second kappa shape index (κ2) is 6.36. The standard InChI is InChI=1S/C18H19FN2O2/c1-12-17(13(2)23-20-12)7-8-18(22)21-10-9-15(11-21)14-3-5-16(19)6-4-14/h3-6,9H,7-8,10-11H2,1-2H3. The van der Waals surface area contributed by atoms with Crippen molar-refractivity contribution in [2.75, 3.05) is 13.1 Å². The van der Waals surface area contributed by atoms with Crippen LogP contribution in [0, 0.1) is 19.7 Å². The molecule has 5 heteroatoms. The van der Waals surface area contributed by atoms with E-state index < -0.39 is 0 Å². The van der Waals surface area contributed by atoms with Crippen molar-refractivity contribution in [2.45, 2.75) is 26.7 Å². The van der Waals surface area contributed by atoms with E-state index in [2.05, 4.69) is 5.16 Å². The molecule has 0 saturated carbocycles. The number of nitrogens with zero attached hydrogens (tertiary/aromatic N) is 2. The molecule has 1 aromatic carbocycles. The number of rotatable bonds is 4. The summed E-state index contributed by atoms with van der Waals surface area (Å²) in [5, 5.41) is 3.91. The average Bonchev–Trinajstić information content (AvgIpc) is 3.14. The third-order valence-corrected chi connectivity index (χ3v) is 4.26. The first-order valence-corrected chi connectivity index (χ1v) is 7.69. The topological polar surface area (TPSA) is 46.3 Å². The van der Waals surface area contributed by atoms with Crippen LogP contribution in [0.4, 0.5) is 4.39 Å². The SMILES string of the molecule is Cc1noc(C)c1CCC(=O)N1CC=C(c2ccc(F)cc2)C1. The molecule has 0 saturated heterocycles. The van der Waals surface area contributed by atoms with E-state index in [0.717, 1.165) is 28.2 Å². The Morgan fingerprint density at radius 1 is 1.30 bits per heavy atom. The Labute approximate surface area is 134 Å². The maximum atomic E-state index is 13.0. The van der Waals surface area contributed by atoms with Crippen molar-refractivity contribution in [3.05, 3.63) is 58.7 Å². The molecule has 0 bridgehead atoms. The smallest absolute Gasteiger partial charge is 0.223 e. The van der Waals surface area contributed by atoms with Gasteiger partial charge in [-0.15, -0.1) is 0 Å². The molecular formula is C18H19FN2O2. The molecule has 2 heterocycles. The number of hydrogen-bond donors (Lipinski definition) is 0. The Balaban J connectivity index is 1.57. The van der Waals surface area contributed by atoms with Crippen molar-refractivity contribution in [3.8, 4) is 0 Å². The summed E-state index contributed by atoms with van der Waals surface area (Å²) in [5.41, 5.74) is 3.90. The largest absolute Gasteiger partial charge is 0.361 e. The average molecular weight is 314 g/mol. The van der Waals surface area contributed by atoms with Crippen molar-refractivity contribution in [1.29, 1.82) is 0 Å². The van der Waals surface area contributed by atoms with E-state index in [1.165, 1.54) is 12.1 Å². The summed E-state index contributed by atoms with van der Waals surface area (Å²) < 4.78 is 18.1. The number of amides is 1. The van der Waals surface area contributed by atoms with E-state index in [4.69, 9.17) is 4.52 Å². The van der Waals surface area contributed by atoms with E-state index >= 15 is 0 Å². The van der Waals surface area contributed by atoms with Crippen molar-refractivity contribution < 1.29 is 13.7 Å². The summed E-state index contributed by atoms with van der Waals surface area (Å²) in [6.07, 6.45) is 3.11. The van der Waals surface area contributed by atoms with Crippen molar-refractivity contribution >= 4 is 11.5 Å². The number of aryl methyl sites for hydroxylation is 2. The molecule has 0 fully saturated rings. The van der Waals surface area contributed by atoms with Gasteiger partial charge in [-0.3, -0.25) is 4.79 Å². The molecule has 0 aliphatic carbocycles. The van der Waals surface area contributed by atoms with E-state index in [-0.39, 0.29) is 11.7 Å². The van der Waals surface area contributed by atoms with Crippen molar-refractivity contribution in [3.63, 3.8) is 0 Å². The molecular weight excluding hydrogens is 295 g/mol. The summed E-state index contributed by atoms with van der Waals surface area (Å²) in [7, 11) is 0. The Hall–Kier alpha value is -2.43. The highest BCUT2D eigenvalue weighted by atomic mass is 19.1. The zero-order chi connectivity index (χ0) is 16.4. The number of carbonyl (C=O) groups excluding carboxylic acids is 1. The van der Waals surface area contributed by atoms with Crippen LogP contribution in [0.2, 0.25) is 0 Å². The molecule has 23 heavy (non-hydrogen) atoms. The Morgan fingerprint density at radius 2 is 2.04 bits per heavy atom. The molecule has 120 valence electrons. The van der Waals surface area contributed by atoms with Crippen LogP contribution in [-0.4, -0.2) is 29.1 Å². The molecule has 0 N–H and O–H groups in total. The van der Waals surface area contributed by atoms with Gasteiger partial charge in [0.1, 0.15) is 11.6 Å². The number of aromatic nitrogens is 1. The van der Waals surface area contributed by atoms with Crippen LogP contribution < -0.4 is 0 Å². The summed E-state index contributed by atoms with van der Waals surface area (Å²) in [6.45, 7) is 4.93. The van der Waals surface area contributed by atoms with E-state index in [0.29, 0.717) is 25.9 Å². The fourth-order valence-corrected chi connectivity index (χ4v) is 2.87. The predicted octanol–water partition coefficient (Wildman–Crippen LogP) is 3.29. The highest BCUT2D eigenvalue weighted by Crippen LogP contribution is 2.22. The molecule has 3 rings (SSSR count). The fraction of sp³-hybridized carbons (Fsp3) is 0.333. The predicted molar refractivity (Wildman–Crippen MR) is 85.3 cm³/mol. The first-order chi connectivity index (χ1) is 11.0. The van der Waals surface area contributed by atoms with Gasteiger partial charge in [0.05, 0.1) is 5.69 Å². The normalized spacial score (nSPS) is 14.2. The summed E-state index contributed by atoms with van der Waals surface area (Å²) in [6, 6.07) is 6.38. The van der Waals surface area contributed by atoms with Gasteiger partial charge in [-0.25, -0.2) is 4.39 Å². The van der Waals surface area contributed by atoms with Gasteiger partial charge in [-0.05, 0) is 43.5 Å². The van der Waals surface area contributed by atoms with Gasteiger partial charge < -0.3 is 9.42 Å². The monoisotopic (exact) mass is 314 g/mol. The third kappa shape index (κ3) is 3.33. The first kappa shape index (κ1) is 15.5. The van der Waals surface area contributed by atoms with Gasteiger partial charge in [0.2, 0.25) is 5.91 Å². The summed E-state index contributed by atoms with van der Waals surface area (Å²) in [4.78, 5) is 14.2. The lowest BCUT2D eigenvalue weighted by molar-refractivity contribution is -0.129. The zero-order valence-corrected chi connectivity index (χ0v) is 13.3. The summed E-state index contributed by atoms with van der Waals surface area (Å²) >= 11 is 0. The molecule has 1 aliphatic rings. The lowest BCUT2D eigenvalue weighted by atomic mass is 10.1. The first-order valence-electron chi connectivity index (χ1n) is 7.69. The fourth-order valence-electron chi connectivity index (χ4n) is 2.87. The Morgan fingerprint density at radius 3 is 2.70 bits per heavy atom. The number of hydrogen-bond acceptors (Lipinski definition) is 3. The minimum Gasteiger partial charge on any atom is -0.361 e. The molecule has 4 nitrogen and oxygen atoms in total. The van der Waals surface area contributed by atoms with Gasteiger partial charge >= 0.3 is 0 Å². The molecule has 0 spiro atoms. The minimum absolute atomic E-state index is 0.110. The lowest BCUT2D eigenvalue weighted by Gasteiger charge is -2.16. The molecule has 0 unspecified atom stereocenters. The van der Waals surface area contributed by atoms with Gasteiger partial charge in [-0.2, -0.15) is 0 Å². The van der Waals surface area contributed by atoms with Gasteiger partial charge in [0.25, 0.3) is 0 Å². The molecule has 2 aromatic rings. The van der Waals surface area contributed by atoms with Crippen LogP contribution in [0.1, 0.15) is 29.0 Å². The maximum Gasteiger partial charge on any atom is 0.223 e. The maximum absolute atomic E-state index is 13.0. The van der Waals surface area contributed by atoms with Crippen LogP contribution in [0.25, 0.3) is 5.57 Å². The van der Waals surface area contributed by atoms with Crippen LogP contribution in [-0.2, 0) is 11.2 Å². The van der Waals surface area contributed by atoms with Crippen molar-refractivity contribution in [2.24, 2.45) is 0 Å². The number of carbonyl (C=O) groups is 1. The Kier molecular flexibility index (Phi) is 4.28. The third-order valence-electron chi connectivity index (χ3n) is 4.26. The zero-order valence-electron chi connectivity index (χ0n) is 13.3. The summed E-state index contributed by atoms with van der Waals surface area (Å²) in [5.74, 6) is 0.639. The Bertz CT molecular complexity index is 727.